The molecular formula is C19H25N3O6. The third-order valence-corrected chi connectivity index (χ3v) is 5.44. The number of carbonyl (C=O) groups is 2. The van der Waals surface area contributed by atoms with Gasteiger partial charge >= 0.3 is 5.97 Å². The summed E-state index contributed by atoms with van der Waals surface area (Å²) in [6.45, 7) is 4.39. The van der Waals surface area contributed by atoms with Gasteiger partial charge in [-0.15, -0.1) is 0 Å². The van der Waals surface area contributed by atoms with Crippen molar-refractivity contribution in [1.82, 2.24) is 4.90 Å². The number of piperidine rings is 1. The van der Waals surface area contributed by atoms with Crippen LogP contribution in [0.3, 0.4) is 0 Å². The number of hydrogen-bond donors (Lipinski definition) is 1. The van der Waals surface area contributed by atoms with E-state index in [1.165, 1.54) is 11.0 Å². The number of carboxylic acids is 1. The van der Waals surface area contributed by atoms with Crippen LogP contribution in [-0.2, 0) is 9.53 Å². The lowest BCUT2D eigenvalue weighted by Gasteiger charge is -2.35. The molecule has 2 aliphatic rings. The Morgan fingerprint density at radius 1 is 1.29 bits per heavy atom. The number of morpholine rings is 1. The van der Waals surface area contributed by atoms with Gasteiger partial charge < -0.3 is 19.6 Å². The van der Waals surface area contributed by atoms with Gasteiger partial charge in [0.2, 0.25) is 0 Å². The van der Waals surface area contributed by atoms with Gasteiger partial charge in [0.05, 0.1) is 30.6 Å². The van der Waals surface area contributed by atoms with Crippen molar-refractivity contribution in [3.63, 3.8) is 0 Å². The maximum atomic E-state index is 12.9. The predicted molar refractivity (Wildman–Crippen MR) is 102 cm³/mol. The zero-order valence-corrected chi connectivity index (χ0v) is 15.9. The second kappa shape index (κ2) is 8.55. The molecule has 1 aromatic carbocycles. The highest BCUT2D eigenvalue weighted by Crippen LogP contribution is 2.33. The Labute approximate surface area is 163 Å². The number of nitrogens with zero attached hydrogens (tertiary/aromatic N) is 3. The molecular weight excluding hydrogens is 366 g/mol. The van der Waals surface area contributed by atoms with E-state index in [2.05, 4.69) is 6.92 Å². The zero-order valence-electron chi connectivity index (χ0n) is 15.9. The number of hydrogen-bond acceptors (Lipinski definition) is 6. The van der Waals surface area contributed by atoms with Crippen molar-refractivity contribution in [3.8, 4) is 0 Å². The zero-order chi connectivity index (χ0) is 20.3. The van der Waals surface area contributed by atoms with Crippen LogP contribution in [0.1, 0.15) is 36.5 Å². The Kier molecular flexibility index (Phi) is 6.13. The van der Waals surface area contributed by atoms with Crippen LogP contribution in [0.5, 0.6) is 0 Å². The van der Waals surface area contributed by atoms with Gasteiger partial charge in [0, 0.05) is 31.3 Å². The predicted octanol–water partition coefficient (Wildman–Crippen LogP) is 2.15. The molecule has 0 spiro atoms. The number of aliphatic carboxylic acids is 1. The number of nitro groups is 1. The number of rotatable bonds is 5. The SMILES string of the molecule is CC1CCN(c2ccc(C(=O)N3CCOCC3CC(=O)O)cc2[N+](=O)[O-])CC1. The summed E-state index contributed by atoms with van der Waals surface area (Å²) in [5, 5.41) is 20.7. The number of nitro benzene ring substituents is 1. The highest BCUT2D eigenvalue weighted by molar-refractivity contribution is 5.96. The van der Waals surface area contributed by atoms with E-state index < -0.39 is 22.8 Å². The van der Waals surface area contributed by atoms with E-state index >= 15 is 0 Å². The molecule has 0 bridgehead atoms. The fraction of sp³-hybridized carbons (Fsp3) is 0.579. The second-order valence-electron chi connectivity index (χ2n) is 7.46. The van der Waals surface area contributed by atoms with E-state index in [0.717, 1.165) is 25.9 Å². The largest absolute Gasteiger partial charge is 0.481 e. The van der Waals surface area contributed by atoms with Crippen molar-refractivity contribution < 1.29 is 24.4 Å². The normalized spacial score (nSPS) is 20.8. The molecule has 2 aliphatic heterocycles. The topological polar surface area (TPSA) is 113 Å². The van der Waals surface area contributed by atoms with Gasteiger partial charge in [0.1, 0.15) is 5.69 Å². The van der Waals surface area contributed by atoms with Gasteiger partial charge in [0.15, 0.2) is 0 Å². The Morgan fingerprint density at radius 3 is 2.64 bits per heavy atom. The summed E-state index contributed by atoms with van der Waals surface area (Å²) in [6, 6.07) is 3.95. The minimum absolute atomic E-state index is 0.0940. The van der Waals surface area contributed by atoms with Gasteiger partial charge in [-0.2, -0.15) is 0 Å². The summed E-state index contributed by atoms with van der Waals surface area (Å²) in [5.74, 6) is -0.825. The Balaban J connectivity index is 1.85. The van der Waals surface area contributed by atoms with Crippen LogP contribution in [0, 0.1) is 16.0 Å². The van der Waals surface area contributed by atoms with Crippen LogP contribution in [-0.4, -0.2) is 65.7 Å². The highest BCUT2D eigenvalue weighted by Gasteiger charge is 2.31. The average molecular weight is 391 g/mol. The van der Waals surface area contributed by atoms with Gasteiger partial charge in [-0.25, -0.2) is 0 Å². The summed E-state index contributed by atoms with van der Waals surface area (Å²) >= 11 is 0. The van der Waals surface area contributed by atoms with Crippen LogP contribution in [0.2, 0.25) is 0 Å². The third-order valence-electron chi connectivity index (χ3n) is 5.44. The standard InChI is InChI=1S/C19H25N3O6/c1-13-4-6-20(7-5-13)16-3-2-14(10-17(16)22(26)27)19(25)21-8-9-28-12-15(21)11-18(23)24/h2-3,10,13,15H,4-9,11-12H2,1H3,(H,23,24). The molecule has 1 aromatic rings. The molecule has 1 unspecified atom stereocenters. The van der Waals surface area contributed by atoms with E-state index in [0.29, 0.717) is 18.2 Å². The molecule has 1 amide bonds. The number of ether oxygens (including phenoxy) is 1. The molecule has 9 nitrogen and oxygen atoms in total. The number of benzene rings is 1. The summed E-state index contributed by atoms with van der Waals surface area (Å²) in [7, 11) is 0. The van der Waals surface area contributed by atoms with E-state index in [4.69, 9.17) is 9.84 Å². The van der Waals surface area contributed by atoms with Gasteiger partial charge in [0.25, 0.3) is 11.6 Å². The Hall–Kier alpha value is -2.68. The molecule has 1 atom stereocenters. The van der Waals surface area contributed by atoms with Crippen LogP contribution in [0.15, 0.2) is 18.2 Å². The first kappa shape index (κ1) is 20.1. The number of amides is 1. The molecule has 9 heteroatoms. The molecule has 1 N–H and O–H groups in total. The summed E-state index contributed by atoms with van der Waals surface area (Å²) < 4.78 is 5.30. The molecule has 2 fully saturated rings. The van der Waals surface area contributed by atoms with Crippen molar-refractivity contribution in [3.05, 3.63) is 33.9 Å². The quantitative estimate of drug-likeness (QED) is 0.604. The Morgan fingerprint density at radius 2 is 2.00 bits per heavy atom. The van der Waals surface area contributed by atoms with Crippen molar-refractivity contribution in [2.75, 3.05) is 37.7 Å². The van der Waals surface area contributed by atoms with E-state index in [-0.39, 0.29) is 30.8 Å². The van der Waals surface area contributed by atoms with Crippen LogP contribution >= 0.6 is 0 Å². The first-order valence-electron chi connectivity index (χ1n) is 9.50. The molecule has 0 aromatic heterocycles. The highest BCUT2D eigenvalue weighted by atomic mass is 16.6. The van der Waals surface area contributed by atoms with Crippen LogP contribution < -0.4 is 4.90 Å². The first-order valence-corrected chi connectivity index (χ1v) is 9.50. The van der Waals surface area contributed by atoms with E-state index in [9.17, 15) is 19.7 Å². The van der Waals surface area contributed by atoms with Crippen LogP contribution in [0.25, 0.3) is 0 Å². The van der Waals surface area contributed by atoms with Gasteiger partial charge in [-0.1, -0.05) is 6.92 Å². The minimum Gasteiger partial charge on any atom is -0.481 e. The van der Waals surface area contributed by atoms with E-state index in [1.54, 1.807) is 12.1 Å². The molecule has 152 valence electrons. The van der Waals surface area contributed by atoms with E-state index in [1.807, 2.05) is 4.90 Å². The first-order chi connectivity index (χ1) is 13.4. The lowest BCUT2D eigenvalue weighted by atomic mass is 9.98. The maximum absolute atomic E-state index is 12.9. The molecule has 0 aliphatic carbocycles. The summed E-state index contributed by atoms with van der Waals surface area (Å²) in [5.41, 5.74) is 0.624. The molecule has 28 heavy (non-hydrogen) atoms. The lowest BCUT2D eigenvalue weighted by molar-refractivity contribution is -0.384. The summed E-state index contributed by atoms with van der Waals surface area (Å²) in [4.78, 5) is 38.6. The fourth-order valence-corrected chi connectivity index (χ4v) is 3.78. The van der Waals surface area contributed by atoms with Gasteiger partial charge in [-0.05, 0) is 30.9 Å². The molecule has 2 heterocycles. The smallest absolute Gasteiger partial charge is 0.305 e. The molecule has 0 radical (unpaired) electrons. The van der Waals surface area contributed by atoms with Crippen molar-refractivity contribution in [1.29, 1.82) is 0 Å². The van der Waals surface area contributed by atoms with Crippen molar-refractivity contribution >= 4 is 23.3 Å². The number of carboxylic acid groups (broad SMARTS) is 1. The minimum atomic E-state index is -1.02. The summed E-state index contributed by atoms with van der Waals surface area (Å²) in [6.07, 6.45) is 1.73. The fourth-order valence-electron chi connectivity index (χ4n) is 3.78. The maximum Gasteiger partial charge on any atom is 0.305 e. The molecule has 3 rings (SSSR count). The lowest BCUT2D eigenvalue weighted by Crippen LogP contribution is -2.49. The molecule has 2 saturated heterocycles. The monoisotopic (exact) mass is 391 g/mol. The van der Waals surface area contributed by atoms with Crippen LogP contribution in [0.4, 0.5) is 11.4 Å². The van der Waals surface area contributed by atoms with Crippen molar-refractivity contribution in [2.45, 2.75) is 32.2 Å². The third kappa shape index (κ3) is 4.41. The molecule has 0 saturated carbocycles. The van der Waals surface area contributed by atoms with Crippen molar-refractivity contribution in [2.24, 2.45) is 5.92 Å². The van der Waals surface area contributed by atoms with Gasteiger partial charge in [-0.3, -0.25) is 19.7 Å². The second-order valence-corrected chi connectivity index (χ2v) is 7.46. The average Bonchev–Trinajstić information content (AvgIpc) is 2.67. The number of anilines is 1. The Bertz CT molecular complexity index is 760. The number of carbonyl (C=O) groups excluding carboxylic acids is 1.